The molecule has 0 saturated carbocycles. The molecule has 1 heterocycles. The number of hydrogen-bond acceptors (Lipinski definition) is 3. The van der Waals surface area contributed by atoms with Crippen LogP contribution < -0.4 is 5.32 Å². The summed E-state index contributed by atoms with van der Waals surface area (Å²) in [6.07, 6.45) is 12.7. The van der Waals surface area contributed by atoms with Crippen LogP contribution in [0.5, 0.6) is 0 Å². The monoisotopic (exact) mass is 439 g/mol. The normalized spacial score (nSPS) is 19.5. The number of aliphatic hydroxyl groups is 1. The van der Waals surface area contributed by atoms with E-state index in [1.54, 1.807) is 0 Å². The molecule has 0 amide bonds. The van der Waals surface area contributed by atoms with Crippen molar-refractivity contribution in [1.82, 2.24) is 0 Å². The van der Waals surface area contributed by atoms with Gasteiger partial charge in [-0.2, -0.15) is 0 Å². The minimum atomic E-state index is -1.33. The maximum absolute atomic E-state index is 11.9. The number of hydrogen-bond donors (Lipinski definition) is 3. The van der Waals surface area contributed by atoms with Crippen molar-refractivity contribution in [2.24, 2.45) is 5.92 Å². The molecular weight excluding hydrogens is 406 g/mol. The summed E-state index contributed by atoms with van der Waals surface area (Å²) in [6.45, 7) is 2.49. The number of nitrogens with one attached hydrogen (secondary N) is 1. The highest BCUT2D eigenvalue weighted by Crippen LogP contribution is 2.43. The Hall–Kier alpha value is -1.07. The number of unbranched alkanes of at least 4 members (excludes halogenated alkanes) is 9. The Balaban J connectivity index is 1.76. The topological polar surface area (TPSA) is 69.6 Å². The van der Waals surface area contributed by atoms with Crippen LogP contribution in [0.2, 0.25) is 0 Å². The average molecular weight is 440 g/mol. The third-order valence-electron chi connectivity index (χ3n) is 5.72. The number of aliphatic carboxylic acids is 1. The average Bonchev–Trinajstić information content (AvgIpc) is 2.96. The Labute approximate surface area is 171 Å². The van der Waals surface area contributed by atoms with Gasteiger partial charge in [0, 0.05) is 22.3 Å². The fourth-order valence-corrected chi connectivity index (χ4v) is 4.44. The summed E-state index contributed by atoms with van der Waals surface area (Å²) in [5.41, 5.74) is 0.188. The summed E-state index contributed by atoms with van der Waals surface area (Å²) < 4.78 is 0.916. The molecule has 1 aromatic carbocycles. The molecule has 0 saturated heterocycles. The molecule has 2 atom stereocenters. The largest absolute Gasteiger partial charge is 0.481 e. The van der Waals surface area contributed by atoms with Gasteiger partial charge < -0.3 is 15.5 Å². The Kier molecular flexibility index (Phi) is 9.10. The van der Waals surface area contributed by atoms with E-state index < -0.39 is 17.5 Å². The van der Waals surface area contributed by atoms with E-state index >= 15 is 0 Å². The zero-order chi connectivity index (χ0) is 19.7. The lowest BCUT2D eigenvalue weighted by Gasteiger charge is -2.30. The molecule has 0 radical (unpaired) electrons. The van der Waals surface area contributed by atoms with Crippen molar-refractivity contribution >= 4 is 27.6 Å². The predicted octanol–water partition coefficient (Wildman–Crippen LogP) is 6.07. The third kappa shape index (κ3) is 6.21. The summed E-state index contributed by atoms with van der Waals surface area (Å²) in [6, 6.07) is 5.58. The van der Waals surface area contributed by atoms with Crippen molar-refractivity contribution in [1.29, 1.82) is 0 Å². The minimum Gasteiger partial charge on any atom is -0.481 e. The van der Waals surface area contributed by atoms with Crippen LogP contribution in [0.4, 0.5) is 5.69 Å². The Morgan fingerprint density at radius 2 is 1.70 bits per heavy atom. The molecule has 5 heteroatoms. The lowest BCUT2D eigenvalue weighted by atomic mass is 9.79. The molecule has 2 rings (SSSR count). The Morgan fingerprint density at radius 3 is 2.30 bits per heavy atom. The van der Waals surface area contributed by atoms with Crippen molar-refractivity contribution < 1.29 is 15.0 Å². The van der Waals surface area contributed by atoms with Gasteiger partial charge in [0.2, 0.25) is 0 Å². The zero-order valence-electron chi connectivity index (χ0n) is 16.5. The predicted molar refractivity (Wildman–Crippen MR) is 114 cm³/mol. The molecule has 0 bridgehead atoms. The first-order valence-corrected chi connectivity index (χ1v) is 11.3. The highest BCUT2D eigenvalue weighted by molar-refractivity contribution is 9.10. The van der Waals surface area contributed by atoms with Gasteiger partial charge in [-0.25, -0.2) is 0 Å². The molecular formula is C22H34BrNO3. The number of anilines is 1. The standard InChI is InChI=1S/C22H34BrNO3/c1-2-3-4-5-6-7-8-9-10-11-12-19(21(25)26)22(27)16-24-20-15-17(23)13-14-18(20)22/h13-15,19,24,27H,2-12,16H2,1H3,(H,25,26). The maximum Gasteiger partial charge on any atom is 0.309 e. The summed E-state index contributed by atoms with van der Waals surface area (Å²) in [7, 11) is 0. The molecule has 1 aliphatic rings. The molecule has 0 spiro atoms. The van der Waals surface area contributed by atoms with Crippen LogP contribution in [0.1, 0.15) is 83.1 Å². The van der Waals surface area contributed by atoms with Gasteiger partial charge in [-0.1, -0.05) is 93.1 Å². The number of carboxylic acids is 1. The van der Waals surface area contributed by atoms with Crippen molar-refractivity contribution in [3.8, 4) is 0 Å². The SMILES string of the molecule is CCCCCCCCCCCCC(C(=O)O)C1(O)CNc2cc(Br)ccc21. The van der Waals surface area contributed by atoms with Gasteiger partial charge >= 0.3 is 5.97 Å². The first-order valence-electron chi connectivity index (χ1n) is 10.5. The number of β-amino-alcohol motifs (C(OH)–C–C–N with tert-alkyl or cyclic N) is 1. The number of rotatable bonds is 13. The van der Waals surface area contributed by atoms with Crippen molar-refractivity contribution in [3.63, 3.8) is 0 Å². The lowest BCUT2D eigenvalue weighted by Crippen LogP contribution is -2.41. The summed E-state index contributed by atoms with van der Waals surface area (Å²) in [5, 5.41) is 24.0. The molecule has 3 N–H and O–H groups in total. The molecule has 152 valence electrons. The van der Waals surface area contributed by atoms with Gasteiger partial charge in [0.15, 0.2) is 0 Å². The van der Waals surface area contributed by atoms with Crippen LogP contribution >= 0.6 is 15.9 Å². The van der Waals surface area contributed by atoms with E-state index in [4.69, 9.17) is 0 Å². The van der Waals surface area contributed by atoms with Gasteiger partial charge in [-0.15, -0.1) is 0 Å². The van der Waals surface area contributed by atoms with E-state index in [0.717, 1.165) is 29.4 Å². The van der Waals surface area contributed by atoms with Gasteiger partial charge in [0.05, 0.1) is 5.92 Å². The quantitative estimate of drug-likeness (QED) is 0.326. The summed E-state index contributed by atoms with van der Waals surface area (Å²) >= 11 is 3.42. The van der Waals surface area contributed by atoms with E-state index in [1.807, 2.05) is 18.2 Å². The third-order valence-corrected chi connectivity index (χ3v) is 6.21. The van der Waals surface area contributed by atoms with Gasteiger partial charge in [0.1, 0.15) is 5.60 Å². The van der Waals surface area contributed by atoms with Crippen LogP contribution in [-0.4, -0.2) is 22.7 Å². The van der Waals surface area contributed by atoms with Crippen molar-refractivity contribution in [2.45, 2.75) is 83.2 Å². The fourth-order valence-electron chi connectivity index (χ4n) is 4.08. The number of carbonyl (C=O) groups is 1. The minimum absolute atomic E-state index is 0.257. The molecule has 0 aromatic heterocycles. The second-order valence-corrected chi connectivity index (χ2v) is 8.74. The summed E-state index contributed by atoms with van der Waals surface area (Å²) in [5.74, 6) is -1.69. The first-order chi connectivity index (χ1) is 13.0. The smallest absolute Gasteiger partial charge is 0.309 e. The number of carboxylic acid groups (broad SMARTS) is 1. The van der Waals surface area contributed by atoms with Crippen LogP contribution in [0.3, 0.4) is 0 Å². The van der Waals surface area contributed by atoms with E-state index in [-0.39, 0.29) is 6.54 Å². The molecule has 27 heavy (non-hydrogen) atoms. The highest BCUT2D eigenvalue weighted by atomic mass is 79.9. The molecule has 1 aliphatic heterocycles. The van der Waals surface area contributed by atoms with Crippen molar-refractivity contribution in [3.05, 3.63) is 28.2 Å². The number of fused-ring (bicyclic) bond motifs is 1. The van der Waals surface area contributed by atoms with E-state index in [1.165, 1.54) is 44.9 Å². The molecule has 4 nitrogen and oxygen atoms in total. The van der Waals surface area contributed by atoms with Gasteiger partial charge in [-0.3, -0.25) is 4.79 Å². The second-order valence-electron chi connectivity index (χ2n) is 7.83. The summed E-state index contributed by atoms with van der Waals surface area (Å²) in [4.78, 5) is 11.9. The zero-order valence-corrected chi connectivity index (χ0v) is 18.1. The van der Waals surface area contributed by atoms with Crippen molar-refractivity contribution in [2.75, 3.05) is 11.9 Å². The molecule has 2 unspecified atom stereocenters. The molecule has 0 fully saturated rings. The lowest BCUT2D eigenvalue weighted by molar-refractivity contribution is -0.152. The highest BCUT2D eigenvalue weighted by Gasteiger charge is 2.47. The molecule has 1 aromatic rings. The first kappa shape index (κ1) is 22.2. The molecule has 0 aliphatic carbocycles. The van der Waals surface area contributed by atoms with E-state index in [9.17, 15) is 15.0 Å². The number of benzene rings is 1. The Bertz CT molecular complexity index is 607. The number of halogens is 1. The fraction of sp³-hybridized carbons (Fsp3) is 0.682. The van der Waals surface area contributed by atoms with Gasteiger partial charge in [0.25, 0.3) is 0 Å². The van der Waals surface area contributed by atoms with Gasteiger partial charge in [-0.05, 0) is 18.6 Å². The Morgan fingerprint density at radius 1 is 1.11 bits per heavy atom. The van der Waals surface area contributed by atoms with E-state index in [0.29, 0.717) is 12.0 Å². The van der Waals surface area contributed by atoms with Crippen LogP contribution in [-0.2, 0) is 10.4 Å². The van der Waals surface area contributed by atoms with Crippen LogP contribution in [0.25, 0.3) is 0 Å². The van der Waals surface area contributed by atoms with E-state index in [2.05, 4.69) is 28.2 Å². The second kappa shape index (κ2) is 11.1. The maximum atomic E-state index is 11.9. The van der Waals surface area contributed by atoms with Crippen LogP contribution in [0, 0.1) is 5.92 Å². The van der Waals surface area contributed by atoms with Crippen LogP contribution in [0.15, 0.2) is 22.7 Å².